The first-order valence-electron chi connectivity index (χ1n) is 5.56. The van der Waals surface area contributed by atoms with Crippen LogP contribution in [0.1, 0.15) is 12.6 Å². The fraction of sp³-hybridized carbons (Fsp3) is 0.214. The third kappa shape index (κ3) is 2.61. The number of rotatable bonds is 3. The third-order valence-corrected chi connectivity index (χ3v) is 2.50. The Morgan fingerprint density at radius 1 is 1.24 bits per heavy atom. The molecule has 0 bridgehead atoms. The Balaban J connectivity index is 2.38. The molecule has 17 heavy (non-hydrogen) atoms. The predicted molar refractivity (Wildman–Crippen MR) is 65.5 cm³/mol. The number of benzene rings is 1. The van der Waals surface area contributed by atoms with Crippen LogP contribution in [-0.4, -0.2) is 11.6 Å². The van der Waals surface area contributed by atoms with Crippen LogP contribution in [0.25, 0.3) is 11.1 Å². The van der Waals surface area contributed by atoms with Crippen molar-refractivity contribution in [2.24, 2.45) is 0 Å². The van der Waals surface area contributed by atoms with Crippen LogP contribution in [0.15, 0.2) is 36.5 Å². The summed E-state index contributed by atoms with van der Waals surface area (Å²) in [7, 11) is 0. The van der Waals surface area contributed by atoms with Crippen LogP contribution < -0.4 is 4.74 Å². The molecule has 0 saturated heterocycles. The number of pyridine rings is 1. The molecule has 1 heterocycles. The zero-order valence-corrected chi connectivity index (χ0v) is 9.90. The SMILES string of the molecule is CCOc1cccc(-c2cnc(C)c(F)c2)c1. The first kappa shape index (κ1) is 11.6. The molecule has 2 rings (SSSR count). The maximum absolute atomic E-state index is 13.4. The monoisotopic (exact) mass is 231 g/mol. The maximum Gasteiger partial charge on any atom is 0.145 e. The zero-order chi connectivity index (χ0) is 12.3. The van der Waals surface area contributed by atoms with E-state index in [1.54, 1.807) is 13.1 Å². The number of aromatic nitrogens is 1. The van der Waals surface area contributed by atoms with E-state index in [0.29, 0.717) is 12.3 Å². The molecule has 0 spiro atoms. The van der Waals surface area contributed by atoms with E-state index in [9.17, 15) is 4.39 Å². The smallest absolute Gasteiger partial charge is 0.145 e. The van der Waals surface area contributed by atoms with Crippen LogP contribution in [-0.2, 0) is 0 Å². The van der Waals surface area contributed by atoms with Gasteiger partial charge in [-0.15, -0.1) is 0 Å². The van der Waals surface area contributed by atoms with Gasteiger partial charge in [0.2, 0.25) is 0 Å². The molecule has 0 unspecified atom stereocenters. The Hall–Kier alpha value is -1.90. The predicted octanol–water partition coefficient (Wildman–Crippen LogP) is 3.59. The molecule has 0 saturated carbocycles. The minimum Gasteiger partial charge on any atom is -0.494 e. The van der Waals surface area contributed by atoms with E-state index >= 15 is 0 Å². The highest BCUT2D eigenvalue weighted by molar-refractivity contribution is 5.64. The summed E-state index contributed by atoms with van der Waals surface area (Å²) in [6, 6.07) is 9.06. The van der Waals surface area contributed by atoms with E-state index in [2.05, 4.69) is 4.98 Å². The zero-order valence-electron chi connectivity index (χ0n) is 9.90. The van der Waals surface area contributed by atoms with Crippen molar-refractivity contribution < 1.29 is 9.13 Å². The van der Waals surface area contributed by atoms with E-state index in [1.807, 2.05) is 31.2 Å². The minimum atomic E-state index is -0.288. The van der Waals surface area contributed by atoms with Crippen molar-refractivity contribution in [2.45, 2.75) is 13.8 Å². The van der Waals surface area contributed by atoms with Gasteiger partial charge in [-0.05, 0) is 37.6 Å². The van der Waals surface area contributed by atoms with Crippen LogP contribution in [0.4, 0.5) is 4.39 Å². The molecule has 0 aliphatic rings. The van der Waals surface area contributed by atoms with E-state index < -0.39 is 0 Å². The molecule has 0 aliphatic heterocycles. The lowest BCUT2D eigenvalue weighted by Gasteiger charge is -2.06. The van der Waals surface area contributed by atoms with Crippen LogP contribution in [0, 0.1) is 12.7 Å². The van der Waals surface area contributed by atoms with Gasteiger partial charge in [0.25, 0.3) is 0 Å². The number of hydrogen-bond acceptors (Lipinski definition) is 2. The second kappa shape index (κ2) is 4.95. The van der Waals surface area contributed by atoms with Gasteiger partial charge in [-0.2, -0.15) is 0 Å². The van der Waals surface area contributed by atoms with Gasteiger partial charge in [0.15, 0.2) is 0 Å². The summed E-state index contributed by atoms with van der Waals surface area (Å²) in [6.07, 6.45) is 1.67. The van der Waals surface area contributed by atoms with E-state index in [-0.39, 0.29) is 5.82 Å². The van der Waals surface area contributed by atoms with Crippen molar-refractivity contribution >= 4 is 0 Å². The largest absolute Gasteiger partial charge is 0.494 e. The molecule has 88 valence electrons. The minimum absolute atomic E-state index is 0.288. The molecule has 0 N–H and O–H groups in total. The second-order valence-corrected chi connectivity index (χ2v) is 3.75. The Morgan fingerprint density at radius 2 is 2.06 bits per heavy atom. The Bertz CT molecular complexity index is 525. The highest BCUT2D eigenvalue weighted by Gasteiger charge is 2.04. The van der Waals surface area contributed by atoms with Gasteiger partial charge in [0.1, 0.15) is 11.6 Å². The molecule has 0 amide bonds. The maximum atomic E-state index is 13.4. The molecule has 1 aromatic heterocycles. The van der Waals surface area contributed by atoms with Crippen molar-refractivity contribution in [2.75, 3.05) is 6.61 Å². The molecule has 0 atom stereocenters. The van der Waals surface area contributed by atoms with Gasteiger partial charge in [-0.3, -0.25) is 4.98 Å². The normalized spacial score (nSPS) is 10.3. The van der Waals surface area contributed by atoms with E-state index in [4.69, 9.17) is 4.74 Å². The average Bonchev–Trinajstić information content (AvgIpc) is 2.33. The summed E-state index contributed by atoms with van der Waals surface area (Å²) in [5.41, 5.74) is 2.08. The standard InChI is InChI=1S/C14H14FNO/c1-3-17-13-6-4-5-11(7-13)12-8-14(15)10(2)16-9-12/h4-9H,3H2,1-2H3. The molecule has 1 aromatic carbocycles. The lowest BCUT2D eigenvalue weighted by molar-refractivity contribution is 0.340. The summed E-state index contributed by atoms with van der Waals surface area (Å²) >= 11 is 0. The number of hydrogen-bond donors (Lipinski definition) is 0. The summed E-state index contributed by atoms with van der Waals surface area (Å²) in [6.45, 7) is 4.19. The van der Waals surface area contributed by atoms with Gasteiger partial charge in [0.05, 0.1) is 12.3 Å². The van der Waals surface area contributed by atoms with Crippen LogP contribution in [0.2, 0.25) is 0 Å². The van der Waals surface area contributed by atoms with Crippen molar-refractivity contribution in [1.82, 2.24) is 4.98 Å². The van der Waals surface area contributed by atoms with Gasteiger partial charge >= 0.3 is 0 Å². The van der Waals surface area contributed by atoms with Crippen molar-refractivity contribution in [3.63, 3.8) is 0 Å². The quantitative estimate of drug-likeness (QED) is 0.805. The van der Waals surface area contributed by atoms with Crippen LogP contribution >= 0.6 is 0 Å². The number of nitrogens with zero attached hydrogens (tertiary/aromatic N) is 1. The average molecular weight is 231 g/mol. The number of halogens is 1. The van der Waals surface area contributed by atoms with Gasteiger partial charge in [0, 0.05) is 11.8 Å². The van der Waals surface area contributed by atoms with Crippen molar-refractivity contribution in [3.05, 3.63) is 48.0 Å². The van der Waals surface area contributed by atoms with E-state index in [1.165, 1.54) is 6.07 Å². The Morgan fingerprint density at radius 3 is 2.76 bits per heavy atom. The summed E-state index contributed by atoms with van der Waals surface area (Å²) in [4.78, 5) is 4.01. The van der Waals surface area contributed by atoms with Crippen molar-refractivity contribution in [1.29, 1.82) is 0 Å². The molecule has 0 aliphatic carbocycles. The van der Waals surface area contributed by atoms with Gasteiger partial charge in [-0.1, -0.05) is 12.1 Å². The molecule has 0 radical (unpaired) electrons. The topological polar surface area (TPSA) is 22.1 Å². The fourth-order valence-corrected chi connectivity index (χ4v) is 1.60. The second-order valence-electron chi connectivity index (χ2n) is 3.75. The molecule has 2 aromatic rings. The Kier molecular flexibility index (Phi) is 3.38. The van der Waals surface area contributed by atoms with Crippen LogP contribution in [0.5, 0.6) is 5.75 Å². The summed E-state index contributed by atoms with van der Waals surface area (Å²) in [5, 5.41) is 0. The first-order chi connectivity index (χ1) is 8.20. The molecule has 3 heteroatoms. The molecule has 2 nitrogen and oxygen atoms in total. The first-order valence-corrected chi connectivity index (χ1v) is 5.56. The summed E-state index contributed by atoms with van der Waals surface area (Å²) < 4.78 is 18.8. The third-order valence-electron chi connectivity index (χ3n) is 2.50. The van der Waals surface area contributed by atoms with Crippen molar-refractivity contribution in [3.8, 4) is 16.9 Å². The molecular formula is C14H14FNO. The number of aryl methyl sites for hydroxylation is 1. The van der Waals surface area contributed by atoms with E-state index in [0.717, 1.165) is 16.9 Å². The molecular weight excluding hydrogens is 217 g/mol. The summed E-state index contributed by atoms with van der Waals surface area (Å²) in [5.74, 6) is 0.496. The molecule has 0 fully saturated rings. The van der Waals surface area contributed by atoms with Crippen LogP contribution in [0.3, 0.4) is 0 Å². The number of ether oxygens (including phenoxy) is 1. The fourth-order valence-electron chi connectivity index (χ4n) is 1.60. The highest BCUT2D eigenvalue weighted by atomic mass is 19.1. The van der Waals surface area contributed by atoms with Gasteiger partial charge < -0.3 is 4.74 Å². The van der Waals surface area contributed by atoms with Gasteiger partial charge in [-0.25, -0.2) is 4.39 Å². The lowest BCUT2D eigenvalue weighted by atomic mass is 10.1. The highest BCUT2D eigenvalue weighted by Crippen LogP contribution is 2.24. The lowest BCUT2D eigenvalue weighted by Crippen LogP contribution is -1.92. The Labute approximate surface area is 100 Å².